The van der Waals surface area contributed by atoms with Crippen molar-refractivity contribution in [1.29, 1.82) is 0 Å². The third-order valence-corrected chi connectivity index (χ3v) is 2.53. The maximum Gasteiger partial charge on any atom is 0.411 e. The van der Waals surface area contributed by atoms with Crippen LogP contribution in [0.1, 0.15) is 40.5 Å². The van der Waals surface area contributed by atoms with Crippen LogP contribution in [0.3, 0.4) is 0 Å². The summed E-state index contributed by atoms with van der Waals surface area (Å²) < 4.78 is 5.19. The van der Waals surface area contributed by atoms with Gasteiger partial charge in [0.05, 0.1) is 0 Å². The number of carbonyl (C=O) groups is 2. The Morgan fingerprint density at radius 2 is 1.88 bits per heavy atom. The molecule has 0 spiro atoms. The first kappa shape index (κ1) is 12.8. The van der Waals surface area contributed by atoms with E-state index in [1.165, 1.54) is 4.90 Å². The smallest absolute Gasteiger partial charge is 0.411 e. The van der Waals surface area contributed by atoms with Crippen LogP contribution in [0, 0.1) is 0 Å². The van der Waals surface area contributed by atoms with E-state index >= 15 is 0 Å². The maximum absolute atomic E-state index is 11.8. The largest absolute Gasteiger partial charge is 0.480 e. The topological polar surface area (TPSA) is 66.8 Å². The Bertz CT molecular complexity index is 302. The number of hydrogen-bond donors (Lipinski definition) is 1. The van der Waals surface area contributed by atoms with Crippen LogP contribution in [0.4, 0.5) is 4.79 Å². The molecule has 1 amide bonds. The van der Waals surface area contributed by atoms with Crippen molar-refractivity contribution >= 4 is 12.1 Å². The van der Waals surface area contributed by atoms with E-state index in [4.69, 9.17) is 9.84 Å². The number of ether oxygens (including phenoxy) is 1. The molecule has 1 fully saturated rings. The molecule has 0 saturated heterocycles. The lowest BCUT2D eigenvalue weighted by Gasteiger charge is -2.30. The number of carboxylic acids is 1. The summed E-state index contributed by atoms with van der Waals surface area (Å²) in [7, 11) is 0. The van der Waals surface area contributed by atoms with Crippen molar-refractivity contribution in [3.8, 4) is 0 Å². The SMILES string of the molecule is CC(C)(C)OC(=O)N(CC(=O)O)C1(C)CC1. The third kappa shape index (κ3) is 3.40. The Morgan fingerprint density at radius 1 is 1.38 bits per heavy atom. The molecule has 5 nitrogen and oxygen atoms in total. The molecule has 92 valence electrons. The van der Waals surface area contributed by atoms with E-state index in [-0.39, 0.29) is 12.1 Å². The molecular formula is C11H19NO4. The predicted octanol–water partition coefficient (Wildman–Crippen LogP) is 1.86. The fraction of sp³-hybridized carbons (Fsp3) is 0.818. The van der Waals surface area contributed by atoms with E-state index in [9.17, 15) is 9.59 Å². The number of aliphatic carboxylic acids is 1. The van der Waals surface area contributed by atoms with Crippen LogP contribution in [0.5, 0.6) is 0 Å². The van der Waals surface area contributed by atoms with Gasteiger partial charge in [-0.05, 0) is 40.5 Å². The second-order valence-electron chi connectivity index (χ2n) is 5.46. The molecule has 0 atom stereocenters. The number of nitrogens with zero attached hydrogens (tertiary/aromatic N) is 1. The van der Waals surface area contributed by atoms with E-state index in [0.29, 0.717) is 0 Å². The minimum Gasteiger partial charge on any atom is -0.480 e. The van der Waals surface area contributed by atoms with Gasteiger partial charge in [-0.1, -0.05) is 0 Å². The summed E-state index contributed by atoms with van der Waals surface area (Å²) in [6.07, 6.45) is 1.12. The molecule has 5 heteroatoms. The van der Waals surface area contributed by atoms with Gasteiger partial charge >= 0.3 is 12.1 Å². The van der Waals surface area contributed by atoms with Crippen molar-refractivity contribution in [2.75, 3.05) is 6.54 Å². The van der Waals surface area contributed by atoms with E-state index < -0.39 is 17.7 Å². The molecule has 0 heterocycles. The molecule has 0 bridgehead atoms. The van der Waals surface area contributed by atoms with Crippen LogP contribution in [0.25, 0.3) is 0 Å². The zero-order valence-corrected chi connectivity index (χ0v) is 10.2. The van der Waals surface area contributed by atoms with E-state index in [1.807, 2.05) is 6.92 Å². The van der Waals surface area contributed by atoms with Gasteiger partial charge in [-0.2, -0.15) is 0 Å². The number of carbonyl (C=O) groups excluding carboxylic acids is 1. The van der Waals surface area contributed by atoms with Crippen molar-refractivity contribution in [1.82, 2.24) is 4.90 Å². The van der Waals surface area contributed by atoms with Gasteiger partial charge < -0.3 is 9.84 Å². The number of carboxylic acid groups (broad SMARTS) is 1. The fourth-order valence-corrected chi connectivity index (χ4v) is 1.38. The average Bonchev–Trinajstić information content (AvgIpc) is 2.77. The highest BCUT2D eigenvalue weighted by molar-refractivity contribution is 5.78. The van der Waals surface area contributed by atoms with Crippen LogP contribution in [-0.4, -0.2) is 39.8 Å². The molecule has 0 aromatic heterocycles. The zero-order chi connectivity index (χ0) is 12.6. The highest BCUT2D eigenvalue weighted by Crippen LogP contribution is 2.41. The van der Waals surface area contributed by atoms with E-state index in [1.54, 1.807) is 20.8 Å². The van der Waals surface area contributed by atoms with Crippen molar-refractivity contribution in [2.24, 2.45) is 0 Å². The Morgan fingerprint density at radius 3 is 2.19 bits per heavy atom. The molecule has 16 heavy (non-hydrogen) atoms. The molecule has 1 N–H and O–H groups in total. The first-order valence-corrected chi connectivity index (χ1v) is 5.36. The third-order valence-electron chi connectivity index (χ3n) is 2.53. The first-order valence-electron chi connectivity index (χ1n) is 5.36. The van der Waals surface area contributed by atoms with Gasteiger partial charge in [-0.15, -0.1) is 0 Å². The zero-order valence-electron chi connectivity index (χ0n) is 10.2. The van der Waals surface area contributed by atoms with Crippen LogP contribution in [0.2, 0.25) is 0 Å². The quantitative estimate of drug-likeness (QED) is 0.802. The number of amides is 1. The Labute approximate surface area is 95.4 Å². The van der Waals surface area contributed by atoms with Crippen LogP contribution in [0.15, 0.2) is 0 Å². The van der Waals surface area contributed by atoms with Gasteiger partial charge in [0.15, 0.2) is 0 Å². The molecule has 0 aromatic carbocycles. The fourth-order valence-electron chi connectivity index (χ4n) is 1.38. The van der Waals surface area contributed by atoms with Gasteiger partial charge in [-0.3, -0.25) is 9.69 Å². The summed E-state index contributed by atoms with van der Waals surface area (Å²) in [5.41, 5.74) is -0.931. The number of hydrogen-bond acceptors (Lipinski definition) is 3. The minimum atomic E-state index is -1.01. The molecule has 0 aliphatic heterocycles. The molecule has 0 radical (unpaired) electrons. The summed E-state index contributed by atoms with van der Waals surface area (Å²) in [4.78, 5) is 23.8. The second-order valence-corrected chi connectivity index (χ2v) is 5.46. The van der Waals surface area contributed by atoms with Crippen LogP contribution < -0.4 is 0 Å². The summed E-state index contributed by atoms with van der Waals surface area (Å²) in [5.74, 6) is -1.01. The van der Waals surface area contributed by atoms with E-state index in [2.05, 4.69) is 0 Å². The van der Waals surface area contributed by atoms with Crippen LogP contribution in [-0.2, 0) is 9.53 Å². The minimum absolute atomic E-state index is 0.300. The van der Waals surface area contributed by atoms with E-state index in [0.717, 1.165) is 12.8 Å². The van der Waals surface area contributed by atoms with Crippen molar-refractivity contribution in [2.45, 2.75) is 51.7 Å². The molecule has 1 aliphatic carbocycles. The van der Waals surface area contributed by atoms with Gasteiger partial charge in [0.25, 0.3) is 0 Å². The van der Waals surface area contributed by atoms with Crippen molar-refractivity contribution in [3.05, 3.63) is 0 Å². The van der Waals surface area contributed by atoms with Gasteiger partial charge in [0.1, 0.15) is 12.1 Å². The van der Waals surface area contributed by atoms with Crippen LogP contribution >= 0.6 is 0 Å². The highest BCUT2D eigenvalue weighted by atomic mass is 16.6. The summed E-state index contributed by atoms with van der Waals surface area (Å²) in [6.45, 7) is 6.86. The standard InChI is InChI=1S/C11H19NO4/c1-10(2,3)16-9(15)12(7-8(13)14)11(4)5-6-11/h5-7H2,1-4H3,(H,13,14). The molecule has 0 aromatic rings. The Kier molecular flexibility index (Phi) is 3.17. The normalized spacial score (nSPS) is 17.8. The molecule has 1 rings (SSSR count). The molecule has 1 saturated carbocycles. The summed E-state index contributed by atoms with van der Waals surface area (Å²) >= 11 is 0. The summed E-state index contributed by atoms with van der Waals surface area (Å²) in [6, 6.07) is 0. The predicted molar refractivity (Wildman–Crippen MR) is 58.2 cm³/mol. The van der Waals surface area contributed by atoms with Crippen molar-refractivity contribution < 1.29 is 19.4 Å². The molecule has 0 unspecified atom stereocenters. The molecule has 1 aliphatic rings. The van der Waals surface area contributed by atoms with Crippen molar-refractivity contribution in [3.63, 3.8) is 0 Å². The van der Waals surface area contributed by atoms with Gasteiger partial charge in [-0.25, -0.2) is 4.79 Å². The number of rotatable bonds is 3. The lowest BCUT2D eigenvalue weighted by Crippen LogP contribution is -2.46. The average molecular weight is 229 g/mol. The second kappa shape index (κ2) is 3.96. The lowest BCUT2D eigenvalue weighted by molar-refractivity contribution is -0.139. The van der Waals surface area contributed by atoms with Gasteiger partial charge in [0, 0.05) is 5.54 Å². The maximum atomic E-state index is 11.8. The summed E-state index contributed by atoms with van der Waals surface area (Å²) in [5, 5.41) is 8.77. The lowest BCUT2D eigenvalue weighted by atomic mass is 10.2. The first-order chi connectivity index (χ1) is 7.14. The highest BCUT2D eigenvalue weighted by Gasteiger charge is 2.47. The van der Waals surface area contributed by atoms with Gasteiger partial charge in [0.2, 0.25) is 0 Å². The monoisotopic (exact) mass is 229 g/mol. The Hall–Kier alpha value is -1.26. The molecular weight excluding hydrogens is 210 g/mol. The Balaban J connectivity index is 2.70.